The molecule has 0 unspecified atom stereocenters. The van der Waals surface area contributed by atoms with E-state index in [1.807, 2.05) is 0 Å². The predicted molar refractivity (Wildman–Crippen MR) is 54.9 cm³/mol. The number of benzene rings is 1. The lowest BCUT2D eigenvalue weighted by molar-refractivity contribution is 0.0690. The first-order chi connectivity index (χ1) is 7.58. The van der Waals surface area contributed by atoms with E-state index >= 15 is 0 Å². The third kappa shape index (κ3) is 1.72. The van der Waals surface area contributed by atoms with Gasteiger partial charge in [0.2, 0.25) is 0 Å². The highest BCUT2D eigenvalue weighted by atomic mass is 19.1. The van der Waals surface area contributed by atoms with Crippen LogP contribution in [0, 0.1) is 5.82 Å². The molecular formula is C10H8FN3O2. The first-order valence-corrected chi connectivity index (χ1v) is 4.42. The lowest BCUT2D eigenvalue weighted by Gasteiger charge is -2.02. The number of nitrogens with zero attached hydrogens (tertiary/aromatic N) is 2. The minimum absolute atomic E-state index is 0.151. The highest BCUT2D eigenvalue weighted by Crippen LogP contribution is 2.14. The summed E-state index contributed by atoms with van der Waals surface area (Å²) in [6.45, 7) is 0. The van der Waals surface area contributed by atoms with E-state index in [0.717, 1.165) is 0 Å². The minimum atomic E-state index is -1.16. The normalized spacial score (nSPS) is 10.3. The number of aromatic carboxylic acids is 1. The molecule has 0 bridgehead atoms. The molecule has 0 fully saturated rings. The van der Waals surface area contributed by atoms with Crippen molar-refractivity contribution in [3.05, 3.63) is 41.8 Å². The Balaban J connectivity index is 2.47. The lowest BCUT2D eigenvalue weighted by Crippen LogP contribution is -2.03. The summed E-state index contributed by atoms with van der Waals surface area (Å²) in [7, 11) is 0. The maximum Gasteiger partial charge on any atom is 0.356 e. The highest BCUT2D eigenvalue weighted by Gasteiger charge is 2.12. The number of nitrogen functional groups attached to an aromatic ring is 1. The fourth-order valence-electron chi connectivity index (χ4n) is 1.29. The van der Waals surface area contributed by atoms with Gasteiger partial charge >= 0.3 is 5.97 Å². The monoisotopic (exact) mass is 221 g/mol. The highest BCUT2D eigenvalue weighted by molar-refractivity contribution is 5.86. The molecule has 0 amide bonds. The van der Waals surface area contributed by atoms with Crippen LogP contribution in [0.15, 0.2) is 30.3 Å². The van der Waals surface area contributed by atoms with Gasteiger partial charge in [0.15, 0.2) is 5.69 Å². The van der Waals surface area contributed by atoms with Gasteiger partial charge in [0.25, 0.3) is 0 Å². The standard InChI is InChI=1S/C10H8FN3O2/c11-6-1-3-7(4-2-6)14-9(12)5-8(13-14)10(15)16/h1-5H,12H2,(H,15,16). The minimum Gasteiger partial charge on any atom is -0.476 e. The number of carboxylic acid groups (broad SMARTS) is 1. The molecule has 0 spiro atoms. The van der Waals surface area contributed by atoms with Gasteiger partial charge in [-0.3, -0.25) is 0 Å². The molecule has 0 saturated carbocycles. The molecule has 1 aromatic heterocycles. The van der Waals surface area contributed by atoms with Crippen LogP contribution >= 0.6 is 0 Å². The van der Waals surface area contributed by atoms with E-state index in [1.54, 1.807) is 0 Å². The van der Waals surface area contributed by atoms with Crippen LogP contribution in [0.2, 0.25) is 0 Å². The molecule has 0 saturated heterocycles. The molecule has 6 heteroatoms. The number of carbonyl (C=O) groups is 1. The van der Waals surface area contributed by atoms with Gasteiger partial charge in [-0.2, -0.15) is 5.10 Å². The predicted octanol–water partition coefficient (Wildman–Crippen LogP) is 1.29. The second-order valence-electron chi connectivity index (χ2n) is 3.15. The van der Waals surface area contributed by atoms with Gasteiger partial charge in [-0.05, 0) is 24.3 Å². The van der Waals surface area contributed by atoms with Gasteiger partial charge < -0.3 is 10.8 Å². The molecule has 5 nitrogen and oxygen atoms in total. The number of aromatic nitrogens is 2. The Morgan fingerprint density at radius 2 is 2.00 bits per heavy atom. The largest absolute Gasteiger partial charge is 0.476 e. The average Bonchev–Trinajstić information content (AvgIpc) is 2.62. The van der Waals surface area contributed by atoms with Crippen LogP contribution in [-0.2, 0) is 0 Å². The van der Waals surface area contributed by atoms with Crippen molar-refractivity contribution in [2.75, 3.05) is 5.73 Å². The fraction of sp³-hybridized carbons (Fsp3) is 0. The van der Waals surface area contributed by atoms with E-state index < -0.39 is 5.97 Å². The van der Waals surface area contributed by atoms with Crippen LogP contribution < -0.4 is 5.73 Å². The van der Waals surface area contributed by atoms with E-state index in [2.05, 4.69) is 5.10 Å². The molecule has 82 valence electrons. The number of nitrogens with two attached hydrogens (primary N) is 1. The summed E-state index contributed by atoms with van der Waals surface area (Å²) in [5, 5.41) is 12.5. The van der Waals surface area contributed by atoms with Crippen molar-refractivity contribution in [3.63, 3.8) is 0 Å². The summed E-state index contributed by atoms with van der Waals surface area (Å²) >= 11 is 0. The van der Waals surface area contributed by atoms with E-state index in [-0.39, 0.29) is 17.3 Å². The molecule has 0 aliphatic carbocycles. The van der Waals surface area contributed by atoms with Gasteiger partial charge in [-0.1, -0.05) is 0 Å². The number of hydrogen-bond donors (Lipinski definition) is 2. The maximum atomic E-state index is 12.7. The molecule has 0 atom stereocenters. The quantitative estimate of drug-likeness (QED) is 0.800. The Morgan fingerprint density at radius 3 is 2.50 bits per heavy atom. The van der Waals surface area contributed by atoms with Crippen molar-refractivity contribution in [3.8, 4) is 5.69 Å². The SMILES string of the molecule is Nc1cc(C(=O)O)nn1-c1ccc(F)cc1. The molecule has 1 heterocycles. The first-order valence-electron chi connectivity index (χ1n) is 4.42. The van der Waals surface area contributed by atoms with Crippen LogP contribution in [0.4, 0.5) is 10.2 Å². The van der Waals surface area contributed by atoms with Crippen LogP contribution in [0.25, 0.3) is 5.69 Å². The third-order valence-electron chi connectivity index (χ3n) is 2.03. The molecule has 2 aromatic rings. The summed E-state index contributed by atoms with van der Waals surface area (Å²) in [6.07, 6.45) is 0. The molecule has 16 heavy (non-hydrogen) atoms. The summed E-state index contributed by atoms with van der Waals surface area (Å²) in [5.74, 6) is -1.36. The zero-order valence-corrected chi connectivity index (χ0v) is 8.09. The van der Waals surface area contributed by atoms with Crippen LogP contribution in [-0.4, -0.2) is 20.9 Å². The molecule has 0 aliphatic rings. The smallest absolute Gasteiger partial charge is 0.356 e. The van der Waals surface area contributed by atoms with Crippen molar-refractivity contribution < 1.29 is 14.3 Å². The number of carboxylic acids is 1. The van der Waals surface area contributed by atoms with Crippen molar-refractivity contribution in [1.82, 2.24) is 9.78 Å². The molecular weight excluding hydrogens is 213 g/mol. The van der Waals surface area contributed by atoms with E-state index in [4.69, 9.17) is 10.8 Å². The summed E-state index contributed by atoms with van der Waals surface area (Å²) in [6, 6.07) is 6.66. The molecule has 1 aromatic carbocycles. The van der Waals surface area contributed by atoms with Crippen molar-refractivity contribution in [1.29, 1.82) is 0 Å². The van der Waals surface area contributed by atoms with Crippen molar-refractivity contribution in [2.45, 2.75) is 0 Å². The Bertz CT molecular complexity index is 533. The van der Waals surface area contributed by atoms with Crippen molar-refractivity contribution in [2.24, 2.45) is 0 Å². The maximum absolute atomic E-state index is 12.7. The topological polar surface area (TPSA) is 81.1 Å². The lowest BCUT2D eigenvalue weighted by atomic mass is 10.3. The van der Waals surface area contributed by atoms with Crippen LogP contribution in [0.1, 0.15) is 10.5 Å². The zero-order chi connectivity index (χ0) is 11.7. The molecule has 3 N–H and O–H groups in total. The van der Waals surface area contributed by atoms with Crippen LogP contribution in [0.3, 0.4) is 0 Å². The number of anilines is 1. The van der Waals surface area contributed by atoms with E-state index in [9.17, 15) is 9.18 Å². The van der Waals surface area contributed by atoms with Gasteiger partial charge in [-0.25, -0.2) is 13.9 Å². The number of rotatable bonds is 2. The van der Waals surface area contributed by atoms with Gasteiger partial charge in [-0.15, -0.1) is 0 Å². The van der Waals surface area contributed by atoms with E-state index in [0.29, 0.717) is 5.69 Å². The summed E-state index contributed by atoms with van der Waals surface area (Å²) < 4.78 is 13.9. The van der Waals surface area contributed by atoms with Gasteiger partial charge in [0.05, 0.1) is 5.69 Å². The average molecular weight is 221 g/mol. The number of hydrogen-bond acceptors (Lipinski definition) is 3. The van der Waals surface area contributed by atoms with Crippen molar-refractivity contribution >= 4 is 11.8 Å². The number of halogens is 1. The molecule has 0 aliphatic heterocycles. The second-order valence-corrected chi connectivity index (χ2v) is 3.15. The van der Waals surface area contributed by atoms with Gasteiger partial charge in [0, 0.05) is 6.07 Å². The molecule has 0 radical (unpaired) electrons. The third-order valence-corrected chi connectivity index (χ3v) is 2.03. The van der Waals surface area contributed by atoms with Gasteiger partial charge in [0.1, 0.15) is 11.6 Å². The summed E-state index contributed by atoms with van der Waals surface area (Å²) in [4.78, 5) is 10.7. The molecule has 2 rings (SSSR count). The Labute approximate surface area is 89.9 Å². The van der Waals surface area contributed by atoms with E-state index in [1.165, 1.54) is 35.0 Å². The second kappa shape index (κ2) is 3.65. The Kier molecular flexibility index (Phi) is 2.32. The summed E-state index contributed by atoms with van der Waals surface area (Å²) in [5.41, 5.74) is 5.95. The Hall–Kier alpha value is -2.37. The Morgan fingerprint density at radius 1 is 1.38 bits per heavy atom. The fourth-order valence-corrected chi connectivity index (χ4v) is 1.29. The zero-order valence-electron chi connectivity index (χ0n) is 8.09. The first kappa shape index (κ1) is 10.2. The van der Waals surface area contributed by atoms with Crippen LogP contribution in [0.5, 0.6) is 0 Å².